The second-order valence-electron chi connectivity index (χ2n) is 7.79. The Morgan fingerprint density at radius 3 is 2.27 bits per heavy atom. The molecule has 0 aliphatic carbocycles. The first kappa shape index (κ1) is 22.8. The molecule has 5 nitrogen and oxygen atoms in total. The van der Waals surface area contributed by atoms with Gasteiger partial charge in [-0.15, -0.1) is 0 Å². The number of hydrogen-bond acceptors (Lipinski definition) is 4. The SMILES string of the molecule is O=C(NCC(c1ccco1)N1CCN(c2ccccc2F)CC1)c1ccc(C(F)(F)F)cc1. The van der Waals surface area contributed by atoms with E-state index >= 15 is 0 Å². The van der Waals surface area contributed by atoms with Gasteiger partial charge < -0.3 is 14.6 Å². The zero-order valence-electron chi connectivity index (χ0n) is 17.7. The monoisotopic (exact) mass is 461 g/mol. The standard InChI is InChI=1S/C24H23F4N3O2/c25-19-4-1-2-5-20(19)30-11-13-31(14-12-30)21(22-6-3-15-33-22)16-29-23(32)17-7-9-18(10-8-17)24(26,27)28/h1-10,15,21H,11-14,16H2,(H,29,32). The van der Waals surface area contributed by atoms with Crippen molar-refractivity contribution in [1.29, 1.82) is 0 Å². The van der Waals surface area contributed by atoms with Gasteiger partial charge in [0.15, 0.2) is 0 Å². The smallest absolute Gasteiger partial charge is 0.416 e. The van der Waals surface area contributed by atoms with Gasteiger partial charge in [0.25, 0.3) is 5.91 Å². The summed E-state index contributed by atoms with van der Waals surface area (Å²) in [6, 6.07) is 14.1. The van der Waals surface area contributed by atoms with E-state index < -0.39 is 17.6 Å². The van der Waals surface area contributed by atoms with Gasteiger partial charge >= 0.3 is 6.18 Å². The summed E-state index contributed by atoms with van der Waals surface area (Å²) in [6.07, 6.45) is -2.90. The van der Waals surface area contributed by atoms with Gasteiger partial charge in [-0.05, 0) is 48.5 Å². The molecule has 0 saturated carbocycles. The van der Waals surface area contributed by atoms with Gasteiger partial charge in [0, 0.05) is 38.3 Å². The number of piperazine rings is 1. The number of furan rings is 1. The van der Waals surface area contributed by atoms with E-state index in [0.717, 1.165) is 24.3 Å². The molecule has 33 heavy (non-hydrogen) atoms. The van der Waals surface area contributed by atoms with E-state index in [4.69, 9.17) is 4.42 Å². The number of rotatable bonds is 6. The highest BCUT2D eigenvalue weighted by Crippen LogP contribution is 2.29. The normalized spacial score (nSPS) is 15.9. The van der Waals surface area contributed by atoms with E-state index in [1.165, 1.54) is 6.07 Å². The minimum absolute atomic E-state index is 0.144. The summed E-state index contributed by atoms with van der Waals surface area (Å²) in [5.74, 6) is -0.0651. The predicted molar refractivity (Wildman–Crippen MR) is 115 cm³/mol. The molecule has 3 aromatic rings. The molecule has 1 fully saturated rings. The van der Waals surface area contributed by atoms with Crippen LogP contribution in [0.2, 0.25) is 0 Å². The third-order valence-corrected chi connectivity index (χ3v) is 5.75. The van der Waals surface area contributed by atoms with E-state index in [-0.39, 0.29) is 24.0 Å². The summed E-state index contributed by atoms with van der Waals surface area (Å²) in [4.78, 5) is 16.7. The molecule has 1 aromatic heterocycles. The largest absolute Gasteiger partial charge is 0.468 e. The number of para-hydroxylation sites is 1. The van der Waals surface area contributed by atoms with Gasteiger partial charge in [0.05, 0.1) is 23.6 Å². The van der Waals surface area contributed by atoms with Crippen molar-refractivity contribution in [3.05, 3.63) is 89.6 Å². The summed E-state index contributed by atoms with van der Waals surface area (Å²) in [5, 5.41) is 2.80. The van der Waals surface area contributed by atoms with Gasteiger partial charge in [0.1, 0.15) is 11.6 Å². The van der Waals surface area contributed by atoms with Crippen molar-refractivity contribution in [2.24, 2.45) is 0 Å². The van der Waals surface area contributed by atoms with Crippen molar-refractivity contribution >= 4 is 11.6 Å². The van der Waals surface area contributed by atoms with E-state index in [2.05, 4.69) is 10.2 Å². The summed E-state index contributed by atoms with van der Waals surface area (Å²) >= 11 is 0. The minimum atomic E-state index is -4.45. The van der Waals surface area contributed by atoms with Crippen LogP contribution in [0.3, 0.4) is 0 Å². The molecular formula is C24H23F4N3O2. The van der Waals surface area contributed by atoms with Crippen molar-refractivity contribution in [3.63, 3.8) is 0 Å². The lowest BCUT2D eigenvalue weighted by Crippen LogP contribution is -2.50. The van der Waals surface area contributed by atoms with Gasteiger partial charge in [-0.2, -0.15) is 13.2 Å². The molecule has 1 unspecified atom stereocenters. The Hall–Kier alpha value is -3.33. The number of carbonyl (C=O) groups is 1. The predicted octanol–water partition coefficient (Wildman–Crippen LogP) is 4.73. The molecule has 1 aliphatic rings. The number of alkyl halides is 3. The molecule has 2 aromatic carbocycles. The number of benzene rings is 2. The first-order chi connectivity index (χ1) is 15.8. The van der Waals surface area contributed by atoms with Crippen LogP contribution in [-0.2, 0) is 6.18 Å². The Kier molecular flexibility index (Phi) is 6.69. The van der Waals surface area contributed by atoms with Crippen LogP contribution in [0.4, 0.5) is 23.2 Å². The van der Waals surface area contributed by atoms with Gasteiger partial charge in [-0.1, -0.05) is 12.1 Å². The highest BCUT2D eigenvalue weighted by molar-refractivity contribution is 5.94. The minimum Gasteiger partial charge on any atom is -0.468 e. The van der Waals surface area contributed by atoms with E-state index in [9.17, 15) is 22.4 Å². The van der Waals surface area contributed by atoms with Crippen LogP contribution < -0.4 is 10.2 Å². The number of nitrogens with one attached hydrogen (secondary N) is 1. The lowest BCUT2D eigenvalue weighted by molar-refractivity contribution is -0.137. The topological polar surface area (TPSA) is 48.7 Å². The van der Waals surface area contributed by atoms with E-state index in [1.807, 2.05) is 11.0 Å². The van der Waals surface area contributed by atoms with E-state index in [0.29, 0.717) is 37.6 Å². The molecular weight excluding hydrogens is 438 g/mol. The molecule has 1 saturated heterocycles. The van der Waals surface area contributed by atoms with Crippen molar-refractivity contribution in [1.82, 2.24) is 10.2 Å². The van der Waals surface area contributed by atoms with Crippen LogP contribution >= 0.6 is 0 Å². The number of hydrogen-bond donors (Lipinski definition) is 1. The zero-order chi connectivity index (χ0) is 23.4. The van der Waals surface area contributed by atoms with Crippen LogP contribution in [0, 0.1) is 5.82 Å². The molecule has 1 N–H and O–H groups in total. The van der Waals surface area contributed by atoms with Crippen LogP contribution in [0.15, 0.2) is 71.3 Å². The molecule has 0 radical (unpaired) electrons. The number of amides is 1. The van der Waals surface area contributed by atoms with Crippen LogP contribution in [-0.4, -0.2) is 43.5 Å². The second kappa shape index (κ2) is 9.66. The summed E-state index contributed by atoms with van der Waals surface area (Å²) in [5.41, 5.74) is -0.104. The van der Waals surface area contributed by atoms with Crippen LogP contribution in [0.5, 0.6) is 0 Å². The quantitative estimate of drug-likeness (QED) is 0.540. The molecule has 1 atom stereocenters. The van der Waals surface area contributed by atoms with Crippen molar-refractivity contribution in [2.75, 3.05) is 37.6 Å². The van der Waals surface area contributed by atoms with Crippen molar-refractivity contribution < 1.29 is 26.8 Å². The molecule has 0 bridgehead atoms. The average molecular weight is 461 g/mol. The van der Waals surface area contributed by atoms with Gasteiger partial charge in [0.2, 0.25) is 0 Å². The Balaban J connectivity index is 1.40. The fourth-order valence-electron chi connectivity index (χ4n) is 3.98. The Labute approximate surface area is 188 Å². The third kappa shape index (κ3) is 5.36. The van der Waals surface area contributed by atoms with Gasteiger partial charge in [-0.3, -0.25) is 9.69 Å². The fraction of sp³-hybridized carbons (Fsp3) is 0.292. The maximum atomic E-state index is 14.1. The first-order valence-corrected chi connectivity index (χ1v) is 10.6. The number of carbonyl (C=O) groups excluding carboxylic acids is 1. The molecule has 1 amide bonds. The van der Waals surface area contributed by atoms with Crippen LogP contribution in [0.25, 0.3) is 0 Å². The summed E-state index contributed by atoms with van der Waals surface area (Å²) in [6.45, 7) is 2.66. The zero-order valence-corrected chi connectivity index (χ0v) is 17.7. The van der Waals surface area contributed by atoms with Crippen molar-refractivity contribution in [3.8, 4) is 0 Å². The van der Waals surface area contributed by atoms with Gasteiger partial charge in [-0.25, -0.2) is 4.39 Å². The number of halogens is 4. The van der Waals surface area contributed by atoms with Crippen LogP contribution in [0.1, 0.15) is 27.7 Å². The molecule has 9 heteroatoms. The first-order valence-electron chi connectivity index (χ1n) is 10.6. The van der Waals surface area contributed by atoms with E-state index in [1.54, 1.807) is 30.5 Å². The van der Waals surface area contributed by atoms with Crippen molar-refractivity contribution in [2.45, 2.75) is 12.2 Å². The molecule has 2 heterocycles. The second-order valence-corrected chi connectivity index (χ2v) is 7.79. The summed E-state index contributed by atoms with van der Waals surface area (Å²) in [7, 11) is 0. The number of nitrogens with zero attached hydrogens (tertiary/aromatic N) is 2. The highest BCUT2D eigenvalue weighted by atomic mass is 19.4. The Morgan fingerprint density at radius 2 is 1.67 bits per heavy atom. The lowest BCUT2D eigenvalue weighted by Gasteiger charge is -2.39. The Morgan fingerprint density at radius 1 is 0.970 bits per heavy atom. The third-order valence-electron chi connectivity index (χ3n) is 5.75. The maximum absolute atomic E-state index is 14.1. The molecule has 174 valence electrons. The molecule has 0 spiro atoms. The summed E-state index contributed by atoms with van der Waals surface area (Å²) < 4.78 is 58.0. The Bertz CT molecular complexity index is 1060. The maximum Gasteiger partial charge on any atom is 0.416 e. The highest BCUT2D eigenvalue weighted by Gasteiger charge is 2.31. The lowest BCUT2D eigenvalue weighted by atomic mass is 10.1. The number of anilines is 1. The molecule has 4 rings (SSSR count). The fourth-order valence-corrected chi connectivity index (χ4v) is 3.98. The molecule has 1 aliphatic heterocycles. The average Bonchev–Trinajstić information content (AvgIpc) is 3.34.